The van der Waals surface area contributed by atoms with E-state index in [1.54, 1.807) is 0 Å². The Hall–Kier alpha value is -2.01. The van der Waals surface area contributed by atoms with Crippen molar-refractivity contribution in [3.8, 4) is 11.5 Å². The first kappa shape index (κ1) is 12.7. The van der Waals surface area contributed by atoms with E-state index in [1.165, 1.54) is 16.8 Å². The highest BCUT2D eigenvalue weighted by molar-refractivity contribution is 5.50. The van der Waals surface area contributed by atoms with Crippen molar-refractivity contribution in [1.82, 2.24) is 15.1 Å². The van der Waals surface area contributed by atoms with Gasteiger partial charge in [0, 0.05) is 25.2 Å². The van der Waals surface area contributed by atoms with Crippen LogP contribution in [0.25, 0.3) is 0 Å². The molecule has 1 aromatic heterocycles. The Morgan fingerprint density at radius 3 is 2.86 bits per heavy atom. The van der Waals surface area contributed by atoms with Crippen LogP contribution in [0.5, 0.6) is 11.5 Å². The maximum Gasteiger partial charge on any atom is 0.231 e. The summed E-state index contributed by atoms with van der Waals surface area (Å²) in [6.07, 6.45) is 1.97. The van der Waals surface area contributed by atoms with Crippen LogP contribution in [-0.4, -0.2) is 23.1 Å². The zero-order valence-electron chi connectivity index (χ0n) is 12.3. The molecule has 5 heteroatoms. The lowest BCUT2D eigenvalue weighted by molar-refractivity contribution is 0.174. The van der Waals surface area contributed by atoms with Gasteiger partial charge in [0.2, 0.25) is 6.79 Å². The molecule has 1 N–H and O–H groups in total. The second-order valence-corrected chi connectivity index (χ2v) is 5.77. The molecule has 2 aromatic rings. The number of ether oxygens (including phenoxy) is 2. The number of rotatable bonds is 2. The lowest BCUT2D eigenvalue weighted by Gasteiger charge is -2.27. The van der Waals surface area contributed by atoms with Gasteiger partial charge in [0.1, 0.15) is 0 Å². The van der Waals surface area contributed by atoms with Crippen LogP contribution in [0, 0.1) is 6.92 Å². The molecular weight excluding hydrogens is 266 g/mol. The van der Waals surface area contributed by atoms with Crippen molar-refractivity contribution in [2.24, 2.45) is 7.05 Å². The molecule has 5 nitrogen and oxygen atoms in total. The molecule has 2 aliphatic heterocycles. The summed E-state index contributed by atoms with van der Waals surface area (Å²) in [7, 11) is 2.01. The SMILES string of the molecule is Cc1cc(CC2NCCc3cc4c(cc32)OCO4)n(C)n1. The summed E-state index contributed by atoms with van der Waals surface area (Å²) in [5, 5.41) is 8.05. The third kappa shape index (κ3) is 2.17. The minimum absolute atomic E-state index is 0.304. The van der Waals surface area contributed by atoms with Crippen LogP contribution >= 0.6 is 0 Å². The molecule has 0 fully saturated rings. The highest BCUT2D eigenvalue weighted by Gasteiger charge is 2.25. The third-order valence-electron chi connectivity index (χ3n) is 4.31. The minimum atomic E-state index is 0.304. The van der Waals surface area contributed by atoms with E-state index >= 15 is 0 Å². The maximum absolute atomic E-state index is 5.52. The fourth-order valence-electron chi connectivity index (χ4n) is 3.28. The monoisotopic (exact) mass is 285 g/mol. The fourth-order valence-corrected chi connectivity index (χ4v) is 3.28. The quantitative estimate of drug-likeness (QED) is 0.915. The molecule has 0 radical (unpaired) electrons. The number of benzene rings is 1. The van der Waals surface area contributed by atoms with Gasteiger partial charge >= 0.3 is 0 Å². The van der Waals surface area contributed by atoms with E-state index in [1.807, 2.05) is 18.7 Å². The molecule has 3 heterocycles. The van der Waals surface area contributed by atoms with Crippen LogP contribution in [0.1, 0.15) is 28.6 Å². The lowest BCUT2D eigenvalue weighted by Crippen LogP contribution is -2.31. The largest absolute Gasteiger partial charge is 0.454 e. The summed E-state index contributed by atoms with van der Waals surface area (Å²) in [5.41, 5.74) is 5.00. The Balaban J connectivity index is 1.68. The van der Waals surface area contributed by atoms with Crippen molar-refractivity contribution in [2.45, 2.75) is 25.8 Å². The van der Waals surface area contributed by atoms with E-state index in [0.29, 0.717) is 12.8 Å². The van der Waals surface area contributed by atoms with Gasteiger partial charge in [-0.1, -0.05) is 0 Å². The second-order valence-electron chi connectivity index (χ2n) is 5.77. The summed E-state index contributed by atoms with van der Waals surface area (Å²) in [6, 6.07) is 6.73. The molecule has 0 bridgehead atoms. The number of hydrogen-bond donors (Lipinski definition) is 1. The molecule has 0 saturated heterocycles. The van der Waals surface area contributed by atoms with Gasteiger partial charge in [0.25, 0.3) is 0 Å². The average Bonchev–Trinajstić information content (AvgIpc) is 3.03. The van der Waals surface area contributed by atoms with Gasteiger partial charge in [-0.25, -0.2) is 0 Å². The van der Waals surface area contributed by atoms with E-state index in [-0.39, 0.29) is 0 Å². The van der Waals surface area contributed by atoms with Gasteiger partial charge in [-0.05, 0) is 49.2 Å². The Morgan fingerprint density at radius 1 is 1.29 bits per heavy atom. The summed E-state index contributed by atoms with van der Waals surface area (Å²) >= 11 is 0. The molecular formula is C16H19N3O2. The first-order chi connectivity index (χ1) is 10.2. The normalized spacial score (nSPS) is 19.6. The number of hydrogen-bond acceptors (Lipinski definition) is 4. The van der Waals surface area contributed by atoms with E-state index < -0.39 is 0 Å². The van der Waals surface area contributed by atoms with Gasteiger partial charge in [-0.3, -0.25) is 4.68 Å². The number of nitrogens with one attached hydrogen (secondary N) is 1. The van der Waals surface area contributed by atoms with Crippen LogP contribution in [0.2, 0.25) is 0 Å². The summed E-state index contributed by atoms with van der Waals surface area (Å²) in [6.45, 7) is 3.36. The van der Waals surface area contributed by atoms with Gasteiger partial charge in [-0.15, -0.1) is 0 Å². The first-order valence-electron chi connectivity index (χ1n) is 7.36. The zero-order chi connectivity index (χ0) is 14.4. The smallest absolute Gasteiger partial charge is 0.231 e. The van der Waals surface area contributed by atoms with E-state index in [2.05, 4.69) is 28.6 Å². The summed E-state index contributed by atoms with van der Waals surface area (Å²) < 4.78 is 13.0. The van der Waals surface area contributed by atoms with Crippen LogP contribution in [0.3, 0.4) is 0 Å². The van der Waals surface area contributed by atoms with Crippen molar-refractivity contribution in [2.75, 3.05) is 13.3 Å². The Bertz CT molecular complexity index is 693. The highest BCUT2D eigenvalue weighted by atomic mass is 16.7. The Labute approximate surface area is 123 Å². The molecule has 1 aromatic carbocycles. The molecule has 4 rings (SSSR count). The van der Waals surface area contributed by atoms with E-state index in [4.69, 9.17) is 9.47 Å². The van der Waals surface area contributed by atoms with Crippen molar-refractivity contribution in [1.29, 1.82) is 0 Å². The predicted molar refractivity (Wildman–Crippen MR) is 78.7 cm³/mol. The first-order valence-corrected chi connectivity index (χ1v) is 7.36. The summed E-state index contributed by atoms with van der Waals surface area (Å²) in [5.74, 6) is 1.74. The number of nitrogens with zero attached hydrogens (tertiary/aromatic N) is 2. The number of fused-ring (bicyclic) bond motifs is 2. The summed E-state index contributed by atoms with van der Waals surface area (Å²) in [4.78, 5) is 0. The van der Waals surface area contributed by atoms with Gasteiger partial charge in [0.15, 0.2) is 11.5 Å². The second kappa shape index (κ2) is 4.77. The molecule has 0 aliphatic carbocycles. The third-order valence-corrected chi connectivity index (χ3v) is 4.31. The molecule has 0 amide bonds. The van der Waals surface area contributed by atoms with Crippen molar-refractivity contribution >= 4 is 0 Å². The van der Waals surface area contributed by atoms with Crippen LogP contribution in [0.15, 0.2) is 18.2 Å². The van der Waals surface area contributed by atoms with Crippen LogP contribution < -0.4 is 14.8 Å². The average molecular weight is 285 g/mol. The zero-order valence-corrected chi connectivity index (χ0v) is 12.3. The Morgan fingerprint density at radius 2 is 2.10 bits per heavy atom. The number of aryl methyl sites for hydroxylation is 2. The van der Waals surface area contributed by atoms with E-state index in [0.717, 1.165) is 36.6 Å². The fraction of sp³-hybridized carbons (Fsp3) is 0.438. The van der Waals surface area contributed by atoms with Crippen molar-refractivity contribution in [3.63, 3.8) is 0 Å². The molecule has 1 unspecified atom stereocenters. The van der Waals surface area contributed by atoms with Gasteiger partial charge in [0.05, 0.1) is 5.69 Å². The molecule has 21 heavy (non-hydrogen) atoms. The van der Waals surface area contributed by atoms with E-state index in [9.17, 15) is 0 Å². The molecule has 0 saturated carbocycles. The van der Waals surface area contributed by atoms with Crippen molar-refractivity contribution < 1.29 is 9.47 Å². The Kier molecular flexibility index (Phi) is 2.89. The maximum atomic E-state index is 5.52. The number of aromatic nitrogens is 2. The highest BCUT2D eigenvalue weighted by Crippen LogP contribution is 2.38. The topological polar surface area (TPSA) is 48.3 Å². The van der Waals surface area contributed by atoms with Gasteiger partial charge < -0.3 is 14.8 Å². The lowest BCUT2D eigenvalue weighted by atomic mass is 9.91. The van der Waals surface area contributed by atoms with Gasteiger partial charge in [-0.2, -0.15) is 5.10 Å². The molecule has 2 aliphatic rings. The minimum Gasteiger partial charge on any atom is -0.454 e. The molecule has 110 valence electrons. The molecule has 1 atom stereocenters. The molecule has 0 spiro atoms. The van der Waals surface area contributed by atoms with Crippen molar-refractivity contribution in [3.05, 3.63) is 40.7 Å². The van der Waals surface area contributed by atoms with Crippen LogP contribution in [0.4, 0.5) is 0 Å². The van der Waals surface area contributed by atoms with Crippen LogP contribution in [-0.2, 0) is 19.9 Å². The standard InChI is InChI=1S/C16H19N3O2/c1-10-5-12(19(2)18-10)7-14-13-8-16-15(20-9-21-16)6-11(13)3-4-17-14/h5-6,8,14,17H,3-4,7,9H2,1-2H3. The predicted octanol–water partition coefficient (Wildman–Crippen LogP) is 1.89.